The second-order valence-corrected chi connectivity index (χ2v) is 9.79. The van der Waals surface area contributed by atoms with Gasteiger partial charge < -0.3 is 30.4 Å². The minimum Gasteiger partial charge on any atom is -0.444 e. The number of ether oxygens (including phenoxy) is 2. The minimum absolute atomic E-state index is 0.137. The summed E-state index contributed by atoms with van der Waals surface area (Å²) in [6.45, 7) is 5.35. The van der Waals surface area contributed by atoms with Crippen molar-refractivity contribution in [3.8, 4) is 11.4 Å². The molecule has 4 atom stereocenters. The number of benzene rings is 1. The fourth-order valence-corrected chi connectivity index (χ4v) is 5.76. The molecule has 3 aliphatic rings. The summed E-state index contributed by atoms with van der Waals surface area (Å²) in [6.07, 6.45) is 5.64. The normalized spacial score (nSPS) is 25.4. The Labute approximate surface area is 207 Å². The summed E-state index contributed by atoms with van der Waals surface area (Å²) in [5.74, 6) is 1.09. The van der Waals surface area contributed by atoms with E-state index in [1.165, 1.54) is 5.69 Å². The summed E-state index contributed by atoms with van der Waals surface area (Å²) in [6, 6.07) is 6.25. The van der Waals surface area contributed by atoms with Crippen LogP contribution < -0.4 is 16.0 Å². The zero-order chi connectivity index (χ0) is 24.1. The number of carbonyl (C=O) groups is 1. The van der Waals surface area contributed by atoms with E-state index < -0.39 is 6.09 Å². The summed E-state index contributed by atoms with van der Waals surface area (Å²) < 4.78 is 10.9. The van der Waals surface area contributed by atoms with Crippen molar-refractivity contribution in [3.05, 3.63) is 47.1 Å². The first kappa shape index (κ1) is 22.2. The van der Waals surface area contributed by atoms with Crippen LogP contribution in [0.15, 0.2) is 36.5 Å². The number of imidazole rings is 1. The van der Waals surface area contributed by atoms with Crippen molar-refractivity contribution < 1.29 is 14.3 Å². The molecule has 182 valence electrons. The van der Waals surface area contributed by atoms with E-state index in [0.717, 1.165) is 49.7 Å². The molecule has 35 heavy (non-hydrogen) atoms. The van der Waals surface area contributed by atoms with Gasteiger partial charge in [0.2, 0.25) is 0 Å². The molecular weight excluding hydrogens is 468 g/mol. The Morgan fingerprint density at radius 1 is 1.29 bits per heavy atom. The number of aromatic amines is 1. The maximum Gasteiger partial charge on any atom is 0.404 e. The highest BCUT2D eigenvalue weighted by Crippen LogP contribution is 2.44. The van der Waals surface area contributed by atoms with E-state index in [1.807, 2.05) is 0 Å². The van der Waals surface area contributed by atoms with Gasteiger partial charge in [0.15, 0.2) is 5.65 Å². The zero-order valence-electron chi connectivity index (χ0n) is 19.3. The molecule has 1 amide bonds. The highest BCUT2D eigenvalue weighted by molar-refractivity contribution is 6.34. The third kappa shape index (κ3) is 3.98. The molecule has 2 aromatic heterocycles. The third-order valence-corrected chi connectivity index (χ3v) is 7.55. The number of fused-ring (bicyclic) bond motifs is 3. The molecule has 4 N–H and O–H groups in total. The van der Waals surface area contributed by atoms with E-state index in [-0.39, 0.29) is 24.0 Å². The molecule has 1 aliphatic heterocycles. The number of aromatic nitrogens is 3. The van der Waals surface area contributed by atoms with Crippen molar-refractivity contribution in [2.45, 2.75) is 25.5 Å². The Kier molecular flexibility index (Phi) is 5.53. The molecule has 0 radical (unpaired) electrons. The second-order valence-electron chi connectivity index (χ2n) is 9.38. The van der Waals surface area contributed by atoms with Gasteiger partial charge in [-0.15, -0.1) is 0 Å². The Bertz CT molecular complexity index is 1320. The van der Waals surface area contributed by atoms with Crippen LogP contribution in [-0.4, -0.2) is 59.5 Å². The van der Waals surface area contributed by atoms with Crippen molar-refractivity contribution in [2.24, 2.45) is 17.6 Å². The number of morpholine rings is 1. The Morgan fingerprint density at radius 2 is 2.09 bits per heavy atom. The molecule has 0 spiro atoms. The van der Waals surface area contributed by atoms with Crippen LogP contribution in [0.5, 0.6) is 0 Å². The molecule has 1 saturated heterocycles. The molecule has 3 heterocycles. The average Bonchev–Trinajstić information content (AvgIpc) is 3.57. The van der Waals surface area contributed by atoms with Gasteiger partial charge in [0.25, 0.3) is 0 Å². The summed E-state index contributed by atoms with van der Waals surface area (Å²) in [7, 11) is 0. The second kappa shape index (κ2) is 8.73. The number of pyridine rings is 1. The van der Waals surface area contributed by atoms with Crippen LogP contribution >= 0.6 is 11.6 Å². The standard InChI is InChI=1S/C25H27ClN6O3/c1-13-10-16(32-6-8-34-9-7-32)4-5-17(13)23-30-21-20(18(26)12-28-24(21)31-23)29-19-14-2-3-15(11-14)22(19)35-25(27)33/h2-5,10,12,14-15,19,22H,6-9,11H2,1H3,(H2,27,33)(H2,28,29,30,31)/t14-,15+,19+,22-/m0/s1. The number of rotatable bonds is 5. The van der Waals surface area contributed by atoms with E-state index >= 15 is 0 Å². The number of hydrogen-bond acceptors (Lipinski definition) is 7. The van der Waals surface area contributed by atoms with Crippen molar-refractivity contribution in [1.82, 2.24) is 15.0 Å². The predicted molar refractivity (Wildman–Crippen MR) is 135 cm³/mol. The summed E-state index contributed by atoms with van der Waals surface area (Å²) in [5.41, 5.74) is 10.6. The van der Waals surface area contributed by atoms with Crippen molar-refractivity contribution in [3.63, 3.8) is 0 Å². The number of nitrogens with one attached hydrogen (secondary N) is 2. The number of nitrogens with two attached hydrogens (primary N) is 1. The van der Waals surface area contributed by atoms with Gasteiger partial charge in [-0.25, -0.2) is 14.8 Å². The molecule has 0 unspecified atom stereocenters. The minimum atomic E-state index is -0.770. The molecule has 2 fully saturated rings. The first-order chi connectivity index (χ1) is 17.0. The fourth-order valence-electron chi connectivity index (χ4n) is 5.56. The number of halogens is 1. The molecule has 1 aromatic carbocycles. The number of nitrogens with zero attached hydrogens (tertiary/aromatic N) is 3. The topological polar surface area (TPSA) is 118 Å². The van der Waals surface area contributed by atoms with Gasteiger partial charge in [-0.2, -0.15) is 0 Å². The maximum atomic E-state index is 11.5. The SMILES string of the molecule is Cc1cc(N2CCOCC2)ccc1-c1nc2ncc(Cl)c(N[C@H]3[C@@H](OC(N)=O)[C@@H]4C=C[C@H]3C4)c2[nH]1. The smallest absolute Gasteiger partial charge is 0.404 e. The van der Waals surface area contributed by atoms with E-state index in [4.69, 9.17) is 31.8 Å². The van der Waals surface area contributed by atoms with E-state index in [1.54, 1.807) is 6.20 Å². The largest absolute Gasteiger partial charge is 0.444 e. The van der Waals surface area contributed by atoms with Gasteiger partial charge in [0.05, 0.1) is 36.2 Å². The summed E-state index contributed by atoms with van der Waals surface area (Å²) in [5, 5.41) is 3.99. The number of primary amides is 1. The Hall–Kier alpha value is -3.30. The predicted octanol–water partition coefficient (Wildman–Crippen LogP) is 3.87. The van der Waals surface area contributed by atoms with Crippen molar-refractivity contribution in [2.75, 3.05) is 36.5 Å². The zero-order valence-corrected chi connectivity index (χ0v) is 20.1. The lowest BCUT2D eigenvalue weighted by Crippen LogP contribution is -2.41. The van der Waals surface area contributed by atoms with Crippen LogP contribution in [0.4, 0.5) is 16.2 Å². The van der Waals surface area contributed by atoms with Crippen LogP contribution in [-0.2, 0) is 9.47 Å². The van der Waals surface area contributed by atoms with Crippen molar-refractivity contribution in [1.29, 1.82) is 0 Å². The first-order valence-electron chi connectivity index (χ1n) is 11.9. The lowest BCUT2D eigenvalue weighted by molar-refractivity contribution is 0.0854. The van der Waals surface area contributed by atoms with Crippen LogP contribution in [0.1, 0.15) is 12.0 Å². The molecule has 9 nitrogen and oxygen atoms in total. The first-order valence-corrected chi connectivity index (χ1v) is 12.2. The average molecular weight is 495 g/mol. The van der Waals surface area contributed by atoms with Crippen LogP contribution in [0.25, 0.3) is 22.6 Å². The van der Waals surface area contributed by atoms with Crippen molar-refractivity contribution >= 4 is 40.2 Å². The van der Waals surface area contributed by atoms with Gasteiger partial charge in [-0.3, -0.25) is 0 Å². The van der Waals surface area contributed by atoms with Gasteiger partial charge >= 0.3 is 6.09 Å². The molecule has 2 aliphatic carbocycles. The van der Waals surface area contributed by atoms with Crippen LogP contribution in [0.2, 0.25) is 5.02 Å². The number of anilines is 2. The maximum absolute atomic E-state index is 11.5. The number of carbonyl (C=O) groups excluding carboxylic acids is 1. The van der Waals surface area contributed by atoms with Gasteiger partial charge in [-0.1, -0.05) is 23.8 Å². The molecular formula is C25H27ClN6O3. The van der Waals surface area contributed by atoms with Gasteiger partial charge in [0, 0.05) is 36.2 Å². The lowest BCUT2D eigenvalue weighted by Gasteiger charge is -2.29. The molecule has 10 heteroatoms. The van der Waals surface area contributed by atoms with Gasteiger partial charge in [0.1, 0.15) is 17.4 Å². The number of hydrogen-bond donors (Lipinski definition) is 3. The monoisotopic (exact) mass is 494 g/mol. The van der Waals surface area contributed by atoms with Crippen LogP contribution in [0.3, 0.4) is 0 Å². The lowest BCUT2D eigenvalue weighted by atomic mass is 9.98. The molecule has 2 bridgehead atoms. The van der Waals surface area contributed by atoms with E-state index in [9.17, 15) is 4.79 Å². The quantitative estimate of drug-likeness (QED) is 0.460. The highest BCUT2D eigenvalue weighted by Gasteiger charge is 2.47. The molecule has 1 saturated carbocycles. The van der Waals surface area contributed by atoms with Crippen LogP contribution in [0, 0.1) is 18.8 Å². The van der Waals surface area contributed by atoms with E-state index in [2.05, 4.69) is 57.5 Å². The fraction of sp³-hybridized carbons (Fsp3) is 0.400. The Morgan fingerprint density at radius 3 is 2.86 bits per heavy atom. The number of aryl methyl sites for hydroxylation is 1. The molecule has 6 rings (SSSR count). The highest BCUT2D eigenvalue weighted by atomic mass is 35.5. The summed E-state index contributed by atoms with van der Waals surface area (Å²) in [4.78, 5) is 26.5. The number of amides is 1. The summed E-state index contributed by atoms with van der Waals surface area (Å²) >= 11 is 6.59. The third-order valence-electron chi connectivity index (χ3n) is 7.27. The molecule has 3 aromatic rings. The van der Waals surface area contributed by atoms with E-state index in [0.29, 0.717) is 21.9 Å². The van der Waals surface area contributed by atoms with Gasteiger partial charge in [-0.05, 0) is 37.1 Å². The number of H-pyrrole nitrogens is 1. The Balaban J connectivity index is 1.32.